The van der Waals surface area contributed by atoms with E-state index in [1.165, 1.54) is 24.5 Å². The summed E-state index contributed by atoms with van der Waals surface area (Å²) in [5.74, 6) is 0.132. The number of carbonyl (C=O) groups is 1. The third-order valence-corrected chi connectivity index (χ3v) is 2.76. The summed E-state index contributed by atoms with van der Waals surface area (Å²) in [6, 6.07) is 7.54. The third-order valence-electron chi connectivity index (χ3n) is 2.52. The van der Waals surface area contributed by atoms with Gasteiger partial charge in [0.1, 0.15) is 11.5 Å². The minimum atomic E-state index is -0.404. The van der Waals surface area contributed by atoms with Crippen LogP contribution >= 0.6 is 11.6 Å². The number of nitrogens with one attached hydrogen (secondary N) is 1. The summed E-state index contributed by atoms with van der Waals surface area (Å²) >= 11 is 5.79. The topological polar surface area (TPSA) is 62.5 Å². The number of benzene rings is 1. The maximum atomic E-state index is 12.0. The molecule has 0 saturated heterocycles. The number of furan rings is 1. The first-order valence-corrected chi connectivity index (χ1v) is 5.78. The zero-order chi connectivity index (χ0) is 13.1. The average molecular weight is 266 g/mol. The molecule has 2 rings (SSSR count). The van der Waals surface area contributed by atoms with Crippen molar-refractivity contribution < 1.29 is 14.3 Å². The molecule has 1 heterocycles. The lowest BCUT2D eigenvalue weighted by molar-refractivity contribution is 0.0932. The molecule has 2 N–H and O–H groups in total. The third kappa shape index (κ3) is 2.65. The minimum absolute atomic E-state index is 0.108. The zero-order valence-corrected chi connectivity index (χ0v) is 10.4. The van der Waals surface area contributed by atoms with Crippen LogP contribution in [0.15, 0.2) is 41.0 Å². The van der Waals surface area contributed by atoms with E-state index in [4.69, 9.17) is 16.0 Å². The number of halogens is 1. The largest absolute Gasteiger partial charge is 0.507 e. The van der Waals surface area contributed by atoms with Gasteiger partial charge in [0, 0.05) is 5.02 Å². The molecule has 1 atom stereocenters. The van der Waals surface area contributed by atoms with E-state index < -0.39 is 5.91 Å². The fraction of sp³-hybridized carbons (Fsp3) is 0.154. The van der Waals surface area contributed by atoms with Crippen LogP contribution in [0.1, 0.15) is 29.1 Å². The van der Waals surface area contributed by atoms with Gasteiger partial charge in [-0.25, -0.2) is 0 Å². The minimum Gasteiger partial charge on any atom is -0.507 e. The quantitative estimate of drug-likeness (QED) is 0.896. The van der Waals surface area contributed by atoms with Crippen molar-refractivity contribution in [2.24, 2.45) is 0 Å². The monoisotopic (exact) mass is 265 g/mol. The first-order chi connectivity index (χ1) is 8.58. The Bertz CT molecular complexity index is 551. The van der Waals surface area contributed by atoms with Crippen LogP contribution in [0.2, 0.25) is 5.02 Å². The number of hydrogen-bond donors (Lipinski definition) is 2. The van der Waals surface area contributed by atoms with Crippen molar-refractivity contribution in [3.05, 3.63) is 52.9 Å². The Morgan fingerprint density at radius 1 is 1.44 bits per heavy atom. The summed E-state index contributed by atoms with van der Waals surface area (Å²) < 4.78 is 5.18. The molecule has 0 aliphatic rings. The lowest BCUT2D eigenvalue weighted by Crippen LogP contribution is -2.26. The Balaban J connectivity index is 2.15. The van der Waals surface area contributed by atoms with Crippen LogP contribution in [-0.2, 0) is 0 Å². The standard InChI is InChI=1S/C13H12ClNO3/c1-8(12-3-2-6-18-12)15-13(17)10-7-9(14)4-5-11(10)16/h2-8,16H,1H3,(H,15,17)/t8-/m0/s1. The Morgan fingerprint density at radius 3 is 2.89 bits per heavy atom. The SMILES string of the molecule is C[C@H](NC(=O)c1cc(Cl)ccc1O)c1ccco1. The average Bonchev–Trinajstić information content (AvgIpc) is 2.85. The predicted molar refractivity (Wildman–Crippen MR) is 67.7 cm³/mol. The smallest absolute Gasteiger partial charge is 0.255 e. The van der Waals surface area contributed by atoms with Gasteiger partial charge in [0.25, 0.3) is 5.91 Å². The van der Waals surface area contributed by atoms with Gasteiger partial charge in [-0.1, -0.05) is 11.6 Å². The predicted octanol–water partition coefficient (Wildman–Crippen LogP) is 3.13. The number of phenols is 1. The van der Waals surface area contributed by atoms with Crippen LogP contribution < -0.4 is 5.32 Å². The molecule has 4 nitrogen and oxygen atoms in total. The lowest BCUT2D eigenvalue weighted by Gasteiger charge is -2.12. The molecule has 1 aromatic heterocycles. The number of aromatic hydroxyl groups is 1. The zero-order valence-electron chi connectivity index (χ0n) is 9.68. The second kappa shape index (κ2) is 5.14. The Morgan fingerprint density at radius 2 is 2.22 bits per heavy atom. The Hall–Kier alpha value is -1.94. The molecule has 0 bridgehead atoms. The molecule has 5 heteroatoms. The summed E-state index contributed by atoms with van der Waals surface area (Å²) in [5.41, 5.74) is 0.140. The number of hydrogen-bond acceptors (Lipinski definition) is 3. The van der Waals surface area contributed by atoms with Crippen LogP contribution in [0.5, 0.6) is 5.75 Å². The molecule has 1 aromatic carbocycles. The van der Waals surface area contributed by atoms with Crippen molar-refractivity contribution >= 4 is 17.5 Å². The number of amides is 1. The fourth-order valence-corrected chi connectivity index (χ4v) is 1.75. The Labute approximate surface area is 109 Å². The van der Waals surface area contributed by atoms with E-state index in [2.05, 4.69) is 5.32 Å². The highest BCUT2D eigenvalue weighted by atomic mass is 35.5. The molecule has 0 saturated carbocycles. The van der Waals surface area contributed by atoms with E-state index in [9.17, 15) is 9.90 Å². The molecule has 0 spiro atoms. The van der Waals surface area contributed by atoms with Gasteiger partial charge in [0.15, 0.2) is 0 Å². The molecule has 0 unspecified atom stereocenters. The van der Waals surface area contributed by atoms with Crippen molar-refractivity contribution in [2.75, 3.05) is 0 Å². The van der Waals surface area contributed by atoms with Gasteiger partial charge in [-0.05, 0) is 37.3 Å². The second-order valence-corrected chi connectivity index (χ2v) is 4.31. The molecule has 18 heavy (non-hydrogen) atoms. The molecule has 0 fully saturated rings. The van der Waals surface area contributed by atoms with E-state index >= 15 is 0 Å². The van der Waals surface area contributed by atoms with E-state index in [0.717, 1.165) is 0 Å². The lowest BCUT2D eigenvalue weighted by atomic mass is 10.1. The van der Waals surface area contributed by atoms with Crippen molar-refractivity contribution in [2.45, 2.75) is 13.0 Å². The van der Waals surface area contributed by atoms with Gasteiger partial charge in [-0.15, -0.1) is 0 Å². The van der Waals surface area contributed by atoms with Gasteiger partial charge >= 0.3 is 0 Å². The maximum absolute atomic E-state index is 12.0. The fourth-order valence-electron chi connectivity index (χ4n) is 1.57. The normalized spacial score (nSPS) is 12.1. The van der Waals surface area contributed by atoms with Crippen LogP contribution in [0.3, 0.4) is 0 Å². The Kier molecular flexibility index (Phi) is 3.58. The molecule has 0 radical (unpaired) electrons. The van der Waals surface area contributed by atoms with Crippen LogP contribution in [-0.4, -0.2) is 11.0 Å². The molecular weight excluding hydrogens is 254 g/mol. The van der Waals surface area contributed by atoms with E-state index in [1.54, 1.807) is 19.1 Å². The van der Waals surface area contributed by atoms with Crippen molar-refractivity contribution in [1.82, 2.24) is 5.32 Å². The van der Waals surface area contributed by atoms with Crippen LogP contribution in [0.4, 0.5) is 0 Å². The molecule has 0 aliphatic heterocycles. The van der Waals surface area contributed by atoms with Crippen LogP contribution in [0, 0.1) is 0 Å². The van der Waals surface area contributed by atoms with E-state index in [-0.39, 0.29) is 17.4 Å². The highest BCUT2D eigenvalue weighted by Gasteiger charge is 2.16. The highest BCUT2D eigenvalue weighted by molar-refractivity contribution is 6.31. The molecule has 1 amide bonds. The van der Waals surface area contributed by atoms with E-state index in [0.29, 0.717) is 10.8 Å². The van der Waals surface area contributed by atoms with Gasteiger partial charge < -0.3 is 14.8 Å². The maximum Gasteiger partial charge on any atom is 0.255 e. The number of rotatable bonds is 3. The van der Waals surface area contributed by atoms with Gasteiger partial charge in [0.05, 0.1) is 17.9 Å². The molecule has 2 aromatic rings. The van der Waals surface area contributed by atoms with Crippen molar-refractivity contribution in [3.8, 4) is 5.75 Å². The van der Waals surface area contributed by atoms with Gasteiger partial charge in [-0.2, -0.15) is 0 Å². The van der Waals surface area contributed by atoms with Gasteiger partial charge in [-0.3, -0.25) is 4.79 Å². The first-order valence-electron chi connectivity index (χ1n) is 5.40. The summed E-state index contributed by atoms with van der Waals surface area (Å²) in [6.45, 7) is 1.79. The van der Waals surface area contributed by atoms with Gasteiger partial charge in [0.2, 0.25) is 0 Å². The van der Waals surface area contributed by atoms with Crippen molar-refractivity contribution in [3.63, 3.8) is 0 Å². The van der Waals surface area contributed by atoms with Crippen LogP contribution in [0.25, 0.3) is 0 Å². The summed E-state index contributed by atoms with van der Waals surface area (Å²) in [4.78, 5) is 12.0. The van der Waals surface area contributed by atoms with Crippen molar-refractivity contribution in [1.29, 1.82) is 0 Å². The highest BCUT2D eigenvalue weighted by Crippen LogP contribution is 2.22. The molecule has 94 valence electrons. The molecular formula is C13H12ClNO3. The molecule has 0 aliphatic carbocycles. The van der Waals surface area contributed by atoms with E-state index in [1.807, 2.05) is 0 Å². The number of carbonyl (C=O) groups excluding carboxylic acids is 1. The summed E-state index contributed by atoms with van der Waals surface area (Å²) in [7, 11) is 0. The summed E-state index contributed by atoms with van der Waals surface area (Å²) in [5, 5.41) is 12.7. The summed E-state index contributed by atoms with van der Waals surface area (Å²) in [6.07, 6.45) is 1.54. The first kappa shape index (κ1) is 12.5. The second-order valence-electron chi connectivity index (χ2n) is 3.87. The number of phenolic OH excluding ortho intramolecular Hbond substituents is 1.